The summed E-state index contributed by atoms with van der Waals surface area (Å²) in [6.45, 7) is 7.46. The third-order valence-electron chi connectivity index (χ3n) is 2.82. The fourth-order valence-corrected chi connectivity index (χ4v) is 1.74. The standard InChI is InChI=1S/C11H21NO3/c1-4-9(3)12-11(6-7-14-8-11)10(13)15-5-2/h9,12H,4-8H2,1-3H3. The highest BCUT2D eigenvalue weighted by atomic mass is 16.5. The van der Waals surface area contributed by atoms with E-state index in [0.717, 1.165) is 6.42 Å². The molecule has 4 nitrogen and oxygen atoms in total. The number of nitrogens with one attached hydrogen (secondary N) is 1. The van der Waals surface area contributed by atoms with Crippen LogP contribution in [0.1, 0.15) is 33.6 Å². The van der Waals surface area contributed by atoms with Crippen LogP contribution in [0.15, 0.2) is 0 Å². The summed E-state index contributed by atoms with van der Waals surface area (Å²) < 4.78 is 10.4. The first-order valence-electron chi connectivity index (χ1n) is 5.67. The van der Waals surface area contributed by atoms with Crippen molar-refractivity contribution in [3.63, 3.8) is 0 Å². The van der Waals surface area contributed by atoms with E-state index in [1.54, 1.807) is 0 Å². The quantitative estimate of drug-likeness (QED) is 0.698. The van der Waals surface area contributed by atoms with Crippen molar-refractivity contribution in [3.05, 3.63) is 0 Å². The van der Waals surface area contributed by atoms with Crippen LogP contribution in [-0.2, 0) is 14.3 Å². The number of carbonyl (C=O) groups is 1. The molecular weight excluding hydrogens is 194 g/mol. The number of rotatable bonds is 5. The van der Waals surface area contributed by atoms with Gasteiger partial charge in [-0.1, -0.05) is 6.92 Å². The maximum absolute atomic E-state index is 11.9. The van der Waals surface area contributed by atoms with Crippen molar-refractivity contribution in [3.8, 4) is 0 Å². The minimum absolute atomic E-state index is 0.178. The van der Waals surface area contributed by atoms with E-state index in [1.807, 2.05) is 6.92 Å². The molecule has 0 aromatic heterocycles. The van der Waals surface area contributed by atoms with Crippen molar-refractivity contribution in [1.82, 2.24) is 5.32 Å². The summed E-state index contributed by atoms with van der Waals surface area (Å²) >= 11 is 0. The van der Waals surface area contributed by atoms with Crippen molar-refractivity contribution in [2.45, 2.75) is 45.2 Å². The fourth-order valence-electron chi connectivity index (χ4n) is 1.74. The maximum Gasteiger partial charge on any atom is 0.328 e. The van der Waals surface area contributed by atoms with Gasteiger partial charge in [0.05, 0.1) is 13.2 Å². The molecule has 0 amide bonds. The van der Waals surface area contributed by atoms with Gasteiger partial charge in [-0.25, -0.2) is 4.79 Å². The molecule has 0 spiro atoms. The average Bonchev–Trinajstić information content (AvgIpc) is 2.68. The molecule has 2 unspecified atom stereocenters. The van der Waals surface area contributed by atoms with Crippen LogP contribution in [-0.4, -0.2) is 37.4 Å². The molecule has 1 saturated heterocycles. The molecule has 0 aromatic carbocycles. The summed E-state index contributed by atoms with van der Waals surface area (Å²) in [6, 6.07) is 0.302. The van der Waals surface area contributed by atoms with Crippen LogP contribution in [0.25, 0.3) is 0 Å². The first kappa shape index (κ1) is 12.5. The Bertz CT molecular complexity index is 212. The van der Waals surface area contributed by atoms with Gasteiger partial charge >= 0.3 is 5.97 Å². The third kappa shape index (κ3) is 2.92. The van der Waals surface area contributed by atoms with Gasteiger partial charge in [-0.2, -0.15) is 0 Å². The average molecular weight is 215 g/mol. The lowest BCUT2D eigenvalue weighted by Gasteiger charge is -2.29. The summed E-state index contributed by atoms with van der Waals surface area (Å²) in [4.78, 5) is 11.9. The predicted octanol–water partition coefficient (Wildman–Crippen LogP) is 1.10. The Morgan fingerprint density at radius 3 is 2.80 bits per heavy atom. The molecule has 4 heteroatoms. The molecule has 0 aliphatic carbocycles. The van der Waals surface area contributed by atoms with Gasteiger partial charge in [0.25, 0.3) is 0 Å². The van der Waals surface area contributed by atoms with Crippen molar-refractivity contribution in [1.29, 1.82) is 0 Å². The van der Waals surface area contributed by atoms with E-state index in [-0.39, 0.29) is 5.97 Å². The smallest absolute Gasteiger partial charge is 0.328 e. The fraction of sp³-hybridized carbons (Fsp3) is 0.909. The van der Waals surface area contributed by atoms with Crippen molar-refractivity contribution in [2.24, 2.45) is 0 Å². The highest BCUT2D eigenvalue weighted by molar-refractivity contribution is 5.81. The molecule has 0 radical (unpaired) electrons. The highest BCUT2D eigenvalue weighted by Gasteiger charge is 2.44. The first-order valence-corrected chi connectivity index (χ1v) is 5.67. The number of hydrogen-bond acceptors (Lipinski definition) is 4. The Labute approximate surface area is 91.3 Å². The SMILES string of the molecule is CCOC(=O)C1(NC(C)CC)CCOC1. The zero-order chi connectivity index (χ0) is 11.3. The van der Waals surface area contributed by atoms with Gasteiger partial charge in [0.2, 0.25) is 0 Å². The molecular formula is C11H21NO3. The topological polar surface area (TPSA) is 47.6 Å². The molecule has 1 N–H and O–H groups in total. The Morgan fingerprint density at radius 2 is 2.33 bits per heavy atom. The lowest BCUT2D eigenvalue weighted by Crippen LogP contribution is -2.56. The summed E-state index contributed by atoms with van der Waals surface area (Å²) in [5.74, 6) is -0.178. The van der Waals surface area contributed by atoms with Crippen LogP contribution >= 0.6 is 0 Å². The van der Waals surface area contributed by atoms with Gasteiger partial charge in [-0.3, -0.25) is 5.32 Å². The number of ether oxygens (including phenoxy) is 2. The van der Waals surface area contributed by atoms with Crippen LogP contribution in [0.3, 0.4) is 0 Å². The second-order valence-electron chi connectivity index (χ2n) is 4.06. The zero-order valence-corrected chi connectivity index (χ0v) is 9.84. The molecule has 0 aromatic rings. The normalized spacial score (nSPS) is 27.7. The second kappa shape index (κ2) is 5.47. The molecule has 0 saturated carbocycles. The van der Waals surface area contributed by atoms with E-state index in [1.165, 1.54) is 0 Å². The van der Waals surface area contributed by atoms with Gasteiger partial charge in [0.1, 0.15) is 5.54 Å². The molecule has 1 aliphatic heterocycles. The molecule has 2 atom stereocenters. The predicted molar refractivity (Wildman–Crippen MR) is 57.7 cm³/mol. The second-order valence-corrected chi connectivity index (χ2v) is 4.06. The van der Waals surface area contributed by atoms with E-state index in [9.17, 15) is 4.79 Å². The number of hydrogen-bond donors (Lipinski definition) is 1. The molecule has 1 rings (SSSR count). The van der Waals surface area contributed by atoms with Crippen LogP contribution in [0.5, 0.6) is 0 Å². The highest BCUT2D eigenvalue weighted by Crippen LogP contribution is 2.21. The molecule has 0 bridgehead atoms. The van der Waals surface area contributed by atoms with Gasteiger partial charge in [-0.15, -0.1) is 0 Å². The Balaban J connectivity index is 2.65. The Morgan fingerprint density at radius 1 is 1.60 bits per heavy atom. The lowest BCUT2D eigenvalue weighted by molar-refractivity contribution is -0.151. The summed E-state index contributed by atoms with van der Waals surface area (Å²) in [7, 11) is 0. The monoisotopic (exact) mass is 215 g/mol. The molecule has 1 heterocycles. The maximum atomic E-state index is 11.9. The first-order chi connectivity index (χ1) is 7.14. The Kier molecular flexibility index (Phi) is 4.54. The number of esters is 1. The van der Waals surface area contributed by atoms with E-state index >= 15 is 0 Å². The van der Waals surface area contributed by atoms with Crippen LogP contribution in [0, 0.1) is 0 Å². The largest absolute Gasteiger partial charge is 0.465 e. The summed E-state index contributed by atoms with van der Waals surface area (Å²) in [5, 5.41) is 3.33. The third-order valence-corrected chi connectivity index (χ3v) is 2.82. The minimum atomic E-state index is -0.606. The van der Waals surface area contributed by atoms with E-state index < -0.39 is 5.54 Å². The van der Waals surface area contributed by atoms with Gasteiger partial charge in [0, 0.05) is 19.1 Å². The van der Waals surface area contributed by atoms with Gasteiger partial charge in [-0.05, 0) is 20.3 Å². The van der Waals surface area contributed by atoms with Gasteiger partial charge < -0.3 is 9.47 Å². The Hall–Kier alpha value is -0.610. The lowest BCUT2D eigenvalue weighted by atomic mass is 9.97. The minimum Gasteiger partial charge on any atom is -0.465 e. The summed E-state index contributed by atoms with van der Waals surface area (Å²) in [5.41, 5.74) is -0.606. The molecule has 15 heavy (non-hydrogen) atoms. The van der Waals surface area contributed by atoms with Crippen molar-refractivity contribution < 1.29 is 14.3 Å². The van der Waals surface area contributed by atoms with Crippen LogP contribution < -0.4 is 5.32 Å². The molecule has 1 aliphatic rings. The van der Waals surface area contributed by atoms with E-state index in [2.05, 4.69) is 19.2 Å². The van der Waals surface area contributed by atoms with Crippen LogP contribution in [0.4, 0.5) is 0 Å². The molecule has 88 valence electrons. The van der Waals surface area contributed by atoms with E-state index in [4.69, 9.17) is 9.47 Å². The van der Waals surface area contributed by atoms with Crippen molar-refractivity contribution >= 4 is 5.97 Å². The molecule has 1 fully saturated rings. The van der Waals surface area contributed by atoms with Crippen LogP contribution in [0.2, 0.25) is 0 Å². The summed E-state index contributed by atoms with van der Waals surface area (Å²) in [6.07, 6.45) is 1.69. The number of carbonyl (C=O) groups excluding carboxylic acids is 1. The van der Waals surface area contributed by atoms with E-state index in [0.29, 0.717) is 32.3 Å². The van der Waals surface area contributed by atoms with Gasteiger partial charge in [0.15, 0.2) is 0 Å². The van der Waals surface area contributed by atoms with Crippen molar-refractivity contribution in [2.75, 3.05) is 19.8 Å². The zero-order valence-electron chi connectivity index (χ0n) is 9.84.